The van der Waals surface area contributed by atoms with Gasteiger partial charge in [-0.3, -0.25) is 0 Å². The van der Waals surface area contributed by atoms with E-state index in [9.17, 15) is 0 Å². The van der Waals surface area contributed by atoms with E-state index in [4.69, 9.17) is 4.52 Å². The molecule has 2 rings (SSSR count). The van der Waals surface area contributed by atoms with Crippen molar-refractivity contribution in [3.05, 3.63) is 11.7 Å². The van der Waals surface area contributed by atoms with E-state index in [0.717, 1.165) is 37.5 Å². The molecule has 19 heavy (non-hydrogen) atoms. The Morgan fingerprint density at radius 1 is 1.21 bits per heavy atom. The zero-order chi connectivity index (χ0) is 13.5. The van der Waals surface area contributed by atoms with Crippen molar-refractivity contribution < 1.29 is 4.52 Å². The van der Waals surface area contributed by atoms with Crippen LogP contribution in [0.4, 0.5) is 0 Å². The van der Waals surface area contributed by atoms with Crippen LogP contribution in [0.1, 0.15) is 88.9 Å². The van der Waals surface area contributed by atoms with Gasteiger partial charge in [-0.2, -0.15) is 4.98 Å². The molecule has 1 N–H and O–H groups in total. The van der Waals surface area contributed by atoms with Crippen molar-refractivity contribution in [3.8, 4) is 0 Å². The first-order chi connectivity index (χ1) is 9.35. The van der Waals surface area contributed by atoms with E-state index >= 15 is 0 Å². The van der Waals surface area contributed by atoms with Gasteiger partial charge in [0.15, 0.2) is 5.82 Å². The van der Waals surface area contributed by atoms with Crippen molar-refractivity contribution in [2.24, 2.45) is 0 Å². The largest absolute Gasteiger partial charge is 0.339 e. The molecule has 1 aromatic rings. The van der Waals surface area contributed by atoms with Crippen LogP contribution in [-0.2, 0) is 0 Å². The zero-order valence-corrected chi connectivity index (χ0v) is 12.3. The van der Waals surface area contributed by atoms with Crippen LogP contribution in [0, 0.1) is 0 Å². The highest BCUT2D eigenvalue weighted by Gasteiger charge is 2.22. The lowest BCUT2D eigenvalue weighted by molar-refractivity contribution is 0.329. The molecular weight excluding hydrogens is 238 g/mol. The van der Waals surface area contributed by atoms with E-state index in [1.807, 2.05) is 0 Å². The van der Waals surface area contributed by atoms with Crippen LogP contribution in [-0.4, -0.2) is 16.7 Å². The zero-order valence-electron chi connectivity index (χ0n) is 12.3. The van der Waals surface area contributed by atoms with E-state index in [1.165, 1.54) is 32.1 Å². The van der Waals surface area contributed by atoms with Crippen LogP contribution in [0.2, 0.25) is 0 Å². The van der Waals surface area contributed by atoms with Crippen molar-refractivity contribution in [2.45, 2.75) is 77.2 Å². The molecule has 1 saturated heterocycles. The van der Waals surface area contributed by atoms with Crippen LogP contribution in [0.15, 0.2) is 4.52 Å². The fourth-order valence-corrected chi connectivity index (χ4v) is 2.89. The quantitative estimate of drug-likeness (QED) is 0.846. The minimum absolute atomic E-state index is 0.295. The van der Waals surface area contributed by atoms with Crippen LogP contribution in [0.25, 0.3) is 0 Å². The Kier molecular flexibility index (Phi) is 5.83. The third-order valence-corrected chi connectivity index (χ3v) is 3.95. The second-order valence-corrected chi connectivity index (χ2v) is 5.62. The van der Waals surface area contributed by atoms with Crippen molar-refractivity contribution >= 4 is 0 Å². The van der Waals surface area contributed by atoms with Crippen LogP contribution in [0.5, 0.6) is 0 Å². The molecule has 0 amide bonds. The summed E-state index contributed by atoms with van der Waals surface area (Å²) in [5.41, 5.74) is 0. The molecule has 0 radical (unpaired) electrons. The summed E-state index contributed by atoms with van der Waals surface area (Å²) in [6, 6.07) is 0.295. The Hall–Kier alpha value is -0.900. The Labute approximate surface area is 116 Å². The Morgan fingerprint density at radius 3 is 2.74 bits per heavy atom. The third-order valence-electron chi connectivity index (χ3n) is 3.95. The molecule has 4 nitrogen and oxygen atoms in total. The smallest absolute Gasteiger partial charge is 0.229 e. The van der Waals surface area contributed by atoms with Gasteiger partial charge < -0.3 is 9.84 Å². The first-order valence-corrected chi connectivity index (χ1v) is 7.92. The van der Waals surface area contributed by atoms with Gasteiger partial charge in [-0.25, -0.2) is 0 Å². The van der Waals surface area contributed by atoms with Crippen molar-refractivity contribution in [1.82, 2.24) is 15.5 Å². The van der Waals surface area contributed by atoms with Gasteiger partial charge in [0.25, 0.3) is 0 Å². The van der Waals surface area contributed by atoms with Gasteiger partial charge in [0.05, 0.1) is 6.04 Å². The van der Waals surface area contributed by atoms with Gasteiger partial charge in [0.1, 0.15) is 0 Å². The number of nitrogens with one attached hydrogen (secondary N) is 1. The molecule has 1 unspecified atom stereocenters. The van der Waals surface area contributed by atoms with E-state index in [0.29, 0.717) is 12.0 Å². The number of aromatic nitrogens is 2. The fourth-order valence-electron chi connectivity index (χ4n) is 2.89. The summed E-state index contributed by atoms with van der Waals surface area (Å²) in [6.45, 7) is 5.50. The summed E-state index contributed by atoms with van der Waals surface area (Å²) in [6.07, 6.45) is 9.59. The maximum atomic E-state index is 5.52. The van der Waals surface area contributed by atoms with Crippen molar-refractivity contribution in [2.75, 3.05) is 6.54 Å². The molecule has 0 spiro atoms. The third kappa shape index (κ3) is 4.03. The van der Waals surface area contributed by atoms with Crippen LogP contribution >= 0.6 is 0 Å². The van der Waals surface area contributed by atoms with Crippen molar-refractivity contribution in [3.63, 3.8) is 0 Å². The minimum Gasteiger partial charge on any atom is -0.339 e. The molecule has 0 aromatic carbocycles. The van der Waals surface area contributed by atoms with Gasteiger partial charge in [-0.05, 0) is 32.2 Å². The summed E-state index contributed by atoms with van der Waals surface area (Å²) >= 11 is 0. The maximum Gasteiger partial charge on any atom is 0.229 e. The predicted molar refractivity (Wildman–Crippen MR) is 76.1 cm³/mol. The second kappa shape index (κ2) is 7.63. The molecule has 0 saturated carbocycles. The fraction of sp³-hybridized carbons (Fsp3) is 0.867. The van der Waals surface area contributed by atoms with E-state index in [2.05, 4.69) is 29.3 Å². The topological polar surface area (TPSA) is 51.0 Å². The van der Waals surface area contributed by atoms with Gasteiger partial charge >= 0.3 is 0 Å². The van der Waals surface area contributed by atoms with Gasteiger partial charge in [0.2, 0.25) is 5.89 Å². The molecule has 2 heterocycles. The van der Waals surface area contributed by atoms with Gasteiger partial charge in [-0.1, -0.05) is 44.7 Å². The summed E-state index contributed by atoms with van der Waals surface area (Å²) in [5.74, 6) is 2.17. The van der Waals surface area contributed by atoms with Crippen LogP contribution in [0.3, 0.4) is 0 Å². The lowest BCUT2D eigenvalue weighted by Gasteiger charge is -2.11. The average molecular weight is 265 g/mol. The molecule has 0 aliphatic carbocycles. The number of nitrogens with zero attached hydrogens (tertiary/aromatic N) is 2. The van der Waals surface area contributed by atoms with Gasteiger partial charge in [0, 0.05) is 5.92 Å². The number of rotatable bonds is 6. The van der Waals surface area contributed by atoms with E-state index in [1.54, 1.807) is 0 Å². The normalized spacial score (nSPS) is 20.7. The highest BCUT2D eigenvalue weighted by atomic mass is 16.5. The highest BCUT2D eigenvalue weighted by Crippen LogP contribution is 2.27. The lowest BCUT2D eigenvalue weighted by atomic mass is 9.98. The maximum absolute atomic E-state index is 5.52. The Balaban J connectivity index is 2.03. The molecule has 4 heteroatoms. The van der Waals surface area contributed by atoms with Crippen molar-refractivity contribution in [1.29, 1.82) is 0 Å². The van der Waals surface area contributed by atoms with Gasteiger partial charge in [-0.15, -0.1) is 0 Å². The summed E-state index contributed by atoms with van der Waals surface area (Å²) in [7, 11) is 0. The molecule has 108 valence electrons. The van der Waals surface area contributed by atoms with E-state index < -0.39 is 0 Å². The molecule has 1 aliphatic heterocycles. The molecule has 1 aromatic heterocycles. The summed E-state index contributed by atoms with van der Waals surface area (Å²) in [4.78, 5) is 4.67. The predicted octanol–water partition coefficient (Wildman–Crippen LogP) is 3.96. The van der Waals surface area contributed by atoms with E-state index in [-0.39, 0.29) is 0 Å². The minimum atomic E-state index is 0.295. The van der Waals surface area contributed by atoms with Crippen LogP contribution < -0.4 is 5.32 Å². The standard InChI is InChI=1S/C15H27N3O/c1-3-8-12(9-4-2)15-17-14(18-19-15)13-10-6-5-7-11-16-13/h12-13,16H,3-11H2,1-2H3. The average Bonchev–Trinajstić information content (AvgIpc) is 2.74. The molecule has 1 atom stereocenters. The monoisotopic (exact) mass is 265 g/mol. The summed E-state index contributed by atoms with van der Waals surface area (Å²) < 4.78 is 5.52. The lowest BCUT2D eigenvalue weighted by Crippen LogP contribution is -2.21. The second-order valence-electron chi connectivity index (χ2n) is 5.62. The Morgan fingerprint density at radius 2 is 2.00 bits per heavy atom. The molecular formula is C15H27N3O. The Bertz CT molecular complexity index is 334. The highest BCUT2D eigenvalue weighted by molar-refractivity contribution is 4.99. The number of hydrogen-bond donors (Lipinski definition) is 1. The summed E-state index contributed by atoms with van der Waals surface area (Å²) in [5, 5.41) is 7.75. The SMILES string of the molecule is CCCC(CCC)c1nc(C2CCCCCN2)no1. The molecule has 1 aliphatic rings. The first-order valence-electron chi connectivity index (χ1n) is 7.92. The number of hydrogen-bond acceptors (Lipinski definition) is 4. The first kappa shape index (κ1) is 14.5. The molecule has 0 bridgehead atoms. The molecule has 1 fully saturated rings.